The second-order valence-corrected chi connectivity index (χ2v) is 3.56. The number of ether oxygens (including phenoxy) is 2. The van der Waals surface area contributed by atoms with Crippen molar-refractivity contribution in [2.75, 3.05) is 19.8 Å². The van der Waals surface area contributed by atoms with Crippen LogP contribution in [0, 0.1) is 0 Å². The third kappa shape index (κ3) is 6.68. The van der Waals surface area contributed by atoms with Gasteiger partial charge >= 0.3 is 5.97 Å². The van der Waals surface area contributed by atoms with Gasteiger partial charge in [0.2, 0.25) is 0 Å². The molecule has 0 heterocycles. The normalized spacial score (nSPS) is 12.3. The molecule has 5 nitrogen and oxygen atoms in total. The second kappa shape index (κ2) is 7.78. The maximum Gasteiger partial charge on any atom is 0.329 e. The van der Waals surface area contributed by atoms with Crippen LogP contribution in [0.25, 0.3) is 0 Å². The minimum absolute atomic E-state index is 0.0406. The molecule has 1 aromatic rings. The lowest BCUT2D eigenvalue weighted by atomic mass is 10.2. The van der Waals surface area contributed by atoms with Crippen LogP contribution in [0.5, 0.6) is 0 Å². The average molecular weight is 240 g/mol. The zero-order valence-corrected chi connectivity index (χ0v) is 9.41. The van der Waals surface area contributed by atoms with Gasteiger partial charge in [-0.05, 0) is 5.56 Å². The van der Waals surface area contributed by atoms with Gasteiger partial charge in [-0.1, -0.05) is 30.3 Å². The summed E-state index contributed by atoms with van der Waals surface area (Å²) in [5.41, 5.74) is 1.02. The van der Waals surface area contributed by atoms with Gasteiger partial charge in [0.15, 0.2) is 0 Å². The predicted molar refractivity (Wildman–Crippen MR) is 60.6 cm³/mol. The van der Waals surface area contributed by atoms with Gasteiger partial charge in [0.05, 0.1) is 19.8 Å². The van der Waals surface area contributed by atoms with Crippen LogP contribution in [-0.4, -0.2) is 42.1 Å². The molecular weight excluding hydrogens is 224 g/mol. The standard InChI is InChI=1S/C12H16O5/c13-11(8-17-9-12(14)15)7-16-6-10-4-2-1-3-5-10/h1-5,11,13H,6-9H2,(H,14,15). The average Bonchev–Trinajstić information content (AvgIpc) is 2.30. The number of hydrogen-bond acceptors (Lipinski definition) is 4. The van der Waals surface area contributed by atoms with E-state index in [0.29, 0.717) is 6.61 Å². The molecule has 0 saturated carbocycles. The highest BCUT2D eigenvalue weighted by Gasteiger charge is 2.06. The summed E-state index contributed by atoms with van der Waals surface area (Å²) in [7, 11) is 0. The highest BCUT2D eigenvalue weighted by Crippen LogP contribution is 2.01. The van der Waals surface area contributed by atoms with Crippen molar-refractivity contribution < 1.29 is 24.5 Å². The van der Waals surface area contributed by atoms with Crippen LogP contribution in [0.2, 0.25) is 0 Å². The van der Waals surface area contributed by atoms with Crippen LogP contribution in [0.4, 0.5) is 0 Å². The van der Waals surface area contributed by atoms with E-state index in [1.165, 1.54) is 0 Å². The van der Waals surface area contributed by atoms with Gasteiger partial charge in [-0.3, -0.25) is 0 Å². The molecule has 0 aliphatic rings. The minimum atomic E-state index is -1.05. The van der Waals surface area contributed by atoms with Crippen molar-refractivity contribution in [1.29, 1.82) is 0 Å². The Bertz CT molecular complexity index is 325. The number of benzene rings is 1. The van der Waals surface area contributed by atoms with Gasteiger partial charge in [-0.15, -0.1) is 0 Å². The highest BCUT2D eigenvalue weighted by atomic mass is 16.5. The summed E-state index contributed by atoms with van der Waals surface area (Å²) < 4.78 is 9.99. The van der Waals surface area contributed by atoms with Crippen LogP contribution in [0.15, 0.2) is 30.3 Å². The third-order valence-corrected chi connectivity index (χ3v) is 1.96. The fourth-order valence-electron chi connectivity index (χ4n) is 1.22. The van der Waals surface area contributed by atoms with Crippen molar-refractivity contribution in [3.63, 3.8) is 0 Å². The summed E-state index contributed by atoms with van der Waals surface area (Å²) >= 11 is 0. The largest absolute Gasteiger partial charge is 0.480 e. The van der Waals surface area contributed by atoms with Crippen LogP contribution >= 0.6 is 0 Å². The molecule has 17 heavy (non-hydrogen) atoms. The number of rotatable bonds is 8. The molecule has 0 radical (unpaired) electrons. The van der Waals surface area contributed by atoms with Crippen molar-refractivity contribution in [3.05, 3.63) is 35.9 Å². The zero-order valence-electron chi connectivity index (χ0n) is 9.41. The zero-order chi connectivity index (χ0) is 12.5. The molecule has 1 unspecified atom stereocenters. The summed E-state index contributed by atoms with van der Waals surface area (Å²) in [6, 6.07) is 9.58. The van der Waals surface area contributed by atoms with Crippen molar-refractivity contribution >= 4 is 5.97 Å². The van der Waals surface area contributed by atoms with Crippen LogP contribution in [-0.2, 0) is 20.9 Å². The van der Waals surface area contributed by atoms with Crippen LogP contribution < -0.4 is 0 Å². The molecule has 0 saturated heterocycles. The number of carboxylic acid groups (broad SMARTS) is 1. The molecule has 1 rings (SSSR count). The number of carboxylic acids is 1. The fourth-order valence-corrected chi connectivity index (χ4v) is 1.22. The van der Waals surface area contributed by atoms with Crippen molar-refractivity contribution in [2.24, 2.45) is 0 Å². The fraction of sp³-hybridized carbons (Fsp3) is 0.417. The van der Waals surface area contributed by atoms with Gasteiger partial charge in [0, 0.05) is 0 Å². The quantitative estimate of drug-likeness (QED) is 0.698. The number of carbonyl (C=O) groups is 1. The molecular formula is C12H16O5. The van der Waals surface area contributed by atoms with Gasteiger partial charge in [-0.2, -0.15) is 0 Å². The number of aliphatic hydroxyl groups excluding tert-OH is 1. The van der Waals surface area contributed by atoms with Crippen molar-refractivity contribution in [3.8, 4) is 0 Å². The molecule has 1 aromatic carbocycles. The molecule has 1 atom stereocenters. The lowest BCUT2D eigenvalue weighted by Crippen LogP contribution is -2.23. The third-order valence-electron chi connectivity index (χ3n) is 1.96. The smallest absolute Gasteiger partial charge is 0.329 e. The maximum atomic E-state index is 10.1. The molecule has 0 fully saturated rings. The monoisotopic (exact) mass is 240 g/mol. The van der Waals surface area contributed by atoms with E-state index in [1.807, 2.05) is 30.3 Å². The Labute approximate surface area is 99.6 Å². The Morgan fingerprint density at radius 1 is 1.18 bits per heavy atom. The van der Waals surface area contributed by atoms with Gasteiger partial charge in [0.1, 0.15) is 12.7 Å². The molecule has 0 spiro atoms. The first-order chi connectivity index (χ1) is 8.18. The summed E-state index contributed by atoms with van der Waals surface area (Å²) in [5.74, 6) is -1.05. The number of aliphatic hydroxyl groups is 1. The first kappa shape index (κ1) is 13.6. The van der Waals surface area contributed by atoms with Crippen LogP contribution in [0.1, 0.15) is 5.56 Å². The first-order valence-corrected chi connectivity index (χ1v) is 5.27. The highest BCUT2D eigenvalue weighted by molar-refractivity contribution is 5.67. The Morgan fingerprint density at radius 2 is 1.82 bits per heavy atom. The van der Waals surface area contributed by atoms with Crippen molar-refractivity contribution in [1.82, 2.24) is 0 Å². The topological polar surface area (TPSA) is 76.0 Å². The van der Waals surface area contributed by atoms with E-state index in [2.05, 4.69) is 0 Å². The Kier molecular flexibility index (Phi) is 6.24. The summed E-state index contributed by atoms with van der Waals surface area (Å²) in [6.07, 6.45) is -0.807. The van der Waals surface area contributed by atoms with Gasteiger partial charge in [0.25, 0.3) is 0 Å². The second-order valence-electron chi connectivity index (χ2n) is 3.56. The van der Waals surface area contributed by atoms with E-state index in [0.717, 1.165) is 5.56 Å². The summed E-state index contributed by atoms with van der Waals surface area (Å²) in [4.78, 5) is 10.1. The first-order valence-electron chi connectivity index (χ1n) is 5.27. The molecule has 0 aliphatic carbocycles. The van der Waals surface area contributed by atoms with E-state index in [9.17, 15) is 9.90 Å². The summed E-state index contributed by atoms with van der Waals surface area (Å²) in [6.45, 7) is 0.0855. The number of hydrogen-bond donors (Lipinski definition) is 2. The lowest BCUT2D eigenvalue weighted by molar-refractivity contribution is -0.143. The van der Waals surface area contributed by atoms with Gasteiger partial charge in [-0.25, -0.2) is 4.79 Å². The Morgan fingerprint density at radius 3 is 2.47 bits per heavy atom. The van der Waals surface area contributed by atoms with Crippen LogP contribution in [0.3, 0.4) is 0 Å². The predicted octanol–water partition coefficient (Wildman–Crippen LogP) is 0.665. The molecule has 0 bridgehead atoms. The molecule has 0 amide bonds. The molecule has 0 aromatic heterocycles. The molecule has 0 aliphatic heterocycles. The molecule has 5 heteroatoms. The van der Waals surface area contributed by atoms with Crippen molar-refractivity contribution in [2.45, 2.75) is 12.7 Å². The maximum absolute atomic E-state index is 10.1. The van der Waals surface area contributed by atoms with E-state index < -0.39 is 18.7 Å². The summed E-state index contributed by atoms with van der Waals surface area (Å²) in [5, 5.41) is 17.7. The van der Waals surface area contributed by atoms with E-state index in [1.54, 1.807) is 0 Å². The van der Waals surface area contributed by atoms with E-state index in [4.69, 9.17) is 14.6 Å². The van der Waals surface area contributed by atoms with E-state index >= 15 is 0 Å². The molecule has 2 N–H and O–H groups in total. The van der Waals surface area contributed by atoms with E-state index in [-0.39, 0.29) is 13.2 Å². The Balaban J connectivity index is 2.08. The van der Waals surface area contributed by atoms with Gasteiger partial charge < -0.3 is 19.7 Å². The number of aliphatic carboxylic acids is 1. The molecule has 94 valence electrons. The Hall–Kier alpha value is -1.43. The SMILES string of the molecule is O=C(O)COCC(O)COCc1ccccc1. The lowest BCUT2D eigenvalue weighted by Gasteiger charge is -2.10. The minimum Gasteiger partial charge on any atom is -0.480 e.